The van der Waals surface area contributed by atoms with Crippen molar-refractivity contribution in [1.82, 2.24) is 10.3 Å². The SMILES string of the molecule is COc1cccc(CNC(=O)CC2c3ncccc3C(=O)N2c2ccc(F)cc2)c1OC. The van der Waals surface area contributed by atoms with Crippen LogP contribution in [0.5, 0.6) is 11.5 Å². The minimum atomic E-state index is -0.601. The third-order valence-electron chi connectivity index (χ3n) is 5.36. The van der Waals surface area contributed by atoms with Crippen LogP contribution in [0.15, 0.2) is 60.8 Å². The smallest absolute Gasteiger partial charge is 0.260 e. The normalized spacial score (nSPS) is 14.8. The number of halogens is 1. The zero-order valence-corrected chi connectivity index (χ0v) is 17.7. The predicted molar refractivity (Wildman–Crippen MR) is 116 cm³/mol. The molecule has 0 radical (unpaired) electrons. The molecule has 1 N–H and O–H groups in total. The highest BCUT2D eigenvalue weighted by molar-refractivity contribution is 6.11. The van der Waals surface area contributed by atoms with Crippen LogP contribution in [-0.4, -0.2) is 31.0 Å². The first-order valence-electron chi connectivity index (χ1n) is 10.0. The van der Waals surface area contributed by atoms with Crippen LogP contribution in [0, 0.1) is 5.82 Å². The molecule has 164 valence electrons. The number of amides is 2. The van der Waals surface area contributed by atoms with Crippen LogP contribution >= 0.6 is 0 Å². The van der Waals surface area contributed by atoms with Gasteiger partial charge in [-0.1, -0.05) is 12.1 Å². The Balaban J connectivity index is 1.55. The van der Waals surface area contributed by atoms with Crippen LogP contribution in [0.2, 0.25) is 0 Å². The van der Waals surface area contributed by atoms with Gasteiger partial charge in [-0.3, -0.25) is 19.5 Å². The van der Waals surface area contributed by atoms with Crippen LogP contribution in [0.4, 0.5) is 10.1 Å². The number of aromatic nitrogens is 1. The van der Waals surface area contributed by atoms with Gasteiger partial charge in [0.2, 0.25) is 5.91 Å². The minimum absolute atomic E-state index is 0.000582. The summed E-state index contributed by atoms with van der Waals surface area (Å²) in [6.45, 7) is 0.228. The summed E-state index contributed by atoms with van der Waals surface area (Å²) in [6, 6.07) is 13.8. The number of para-hydroxylation sites is 1. The average Bonchev–Trinajstić information content (AvgIpc) is 3.09. The van der Waals surface area contributed by atoms with Crippen molar-refractivity contribution in [3.63, 3.8) is 0 Å². The standard InChI is InChI=1S/C24H22FN3O4/c1-31-20-7-3-5-15(23(20)32-2)14-27-21(29)13-19-22-18(6-4-12-26-22)24(30)28(19)17-10-8-16(25)9-11-17/h3-12,19H,13-14H2,1-2H3,(H,27,29). The molecule has 8 heteroatoms. The predicted octanol–water partition coefficient (Wildman–Crippen LogP) is 3.65. The monoisotopic (exact) mass is 435 g/mol. The van der Waals surface area contributed by atoms with E-state index in [1.807, 2.05) is 12.1 Å². The zero-order chi connectivity index (χ0) is 22.7. The van der Waals surface area contributed by atoms with E-state index >= 15 is 0 Å². The number of benzene rings is 2. The van der Waals surface area contributed by atoms with Crippen molar-refractivity contribution in [1.29, 1.82) is 0 Å². The van der Waals surface area contributed by atoms with Gasteiger partial charge >= 0.3 is 0 Å². The number of carbonyl (C=O) groups excluding carboxylic acids is 2. The van der Waals surface area contributed by atoms with Gasteiger partial charge in [0.15, 0.2) is 11.5 Å². The lowest BCUT2D eigenvalue weighted by atomic mass is 10.1. The molecule has 0 fully saturated rings. The highest BCUT2D eigenvalue weighted by Gasteiger charge is 2.39. The molecule has 0 saturated heterocycles. The maximum Gasteiger partial charge on any atom is 0.260 e. The second-order valence-electron chi connectivity index (χ2n) is 7.24. The zero-order valence-electron chi connectivity index (χ0n) is 17.7. The van der Waals surface area contributed by atoms with Gasteiger partial charge in [0.25, 0.3) is 5.91 Å². The Morgan fingerprint density at radius 2 is 1.88 bits per heavy atom. The first-order valence-corrected chi connectivity index (χ1v) is 10.0. The summed E-state index contributed by atoms with van der Waals surface area (Å²) < 4.78 is 24.1. The molecule has 2 amide bonds. The van der Waals surface area contributed by atoms with Crippen molar-refractivity contribution < 1.29 is 23.5 Å². The van der Waals surface area contributed by atoms with Gasteiger partial charge in [-0.05, 0) is 42.5 Å². The third-order valence-corrected chi connectivity index (χ3v) is 5.36. The Bertz CT molecular complexity index is 1150. The molecule has 0 bridgehead atoms. The number of anilines is 1. The summed E-state index contributed by atoms with van der Waals surface area (Å²) >= 11 is 0. The molecule has 1 unspecified atom stereocenters. The fraction of sp³-hybridized carbons (Fsp3) is 0.208. The van der Waals surface area contributed by atoms with Gasteiger partial charge in [-0.25, -0.2) is 4.39 Å². The van der Waals surface area contributed by atoms with E-state index in [4.69, 9.17) is 9.47 Å². The van der Waals surface area contributed by atoms with Gasteiger partial charge < -0.3 is 14.8 Å². The number of hydrogen-bond acceptors (Lipinski definition) is 5. The highest BCUT2D eigenvalue weighted by atomic mass is 19.1. The Hall–Kier alpha value is -3.94. The van der Waals surface area contributed by atoms with Crippen molar-refractivity contribution >= 4 is 17.5 Å². The molecule has 1 aliphatic rings. The number of pyridine rings is 1. The van der Waals surface area contributed by atoms with Gasteiger partial charge in [-0.15, -0.1) is 0 Å². The molecular weight excluding hydrogens is 413 g/mol. The number of rotatable bonds is 7. The fourth-order valence-electron chi connectivity index (χ4n) is 3.88. The largest absolute Gasteiger partial charge is 0.493 e. The molecule has 1 aromatic heterocycles. The molecule has 2 heterocycles. The lowest BCUT2D eigenvalue weighted by molar-refractivity contribution is -0.121. The van der Waals surface area contributed by atoms with Gasteiger partial charge in [-0.2, -0.15) is 0 Å². The molecule has 2 aromatic carbocycles. The summed E-state index contributed by atoms with van der Waals surface area (Å²) in [7, 11) is 3.09. The summed E-state index contributed by atoms with van der Waals surface area (Å²) in [5.74, 6) is 0.176. The molecular formula is C24H22FN3O4. The van der Waals surface area contributed by atoms with E-state index in [1.54, 1.807) is 31.5 Å². The van der Waals surface area contributed by atoms with E-state index in [9.17, 15) is 14.0 Å². The van der Waals surface area contributed by atoms with Crippen LogP contribution in [0.1, 0.15) is 34.1 Å². The topological polar surface area (TPSA) is 80.8 Å². The molecule has 32 heavy (non-hydrogen) atoms. The number of nitrogens with one attached hydrogen (secondary N) is 1. The van der Waals surface area contributed by atoms with Crippen LogP contribution in [0.25, 0.3) is 0 Å². The summed E-state index contributed by atoms with van der Waals surface area (Å²) in [5, 5.41) is 2.88. The van der Waals surface area contributed by atoms with Gasteiger partial charge in [0, 0.05) is 24.0 Å². The molecule has 0 aliphatic carbocycles. The fourth-order valence-corrected chi connectivity index (χ4v) is 3.88. The second kappa shape index (κ2) is 9.05. The maximum atomic E-state index is 13.4. The van der Waals surface area contributed by atoms with Crippen molar-refractivity contribution in [2.75, 3.05) is 19.1 Å². The Morgan fingerprint density at radius 1 is 1.09 bits per heavy atom. The Kier molecular flexibility index (Phi) is 6.02. The number of ether oxygens (including phenoxy) is 2. The summed E-state index contributed by atoms with van der Waals surface area (Å²) in [4.78, 5) is 31.7. The van der Waals surface area contributed by atoms with Crippen LogP contribution in [-0.2, 0) is 11.3 Å². The van der Waals surface area contributed by atoms with E-state index < -0.39 is 11.9 Å². The minimum Gasteiger partial charge on any atom is -0.493 e. The molecule has 4 rings (SSSR count). The lowest BCUT2D eigenvalue weighted by Crippen LogP contribution is -2.33. The second-order valence-corrected chi connectivity index (χ2v) is 7.24. The van der Waals surface area contributed by atoms with Crippen molar-refractivity contribution in [2.24, 2.45) is 0 Å². The molecule has 1 aliphatic heterocycles. The van der Waals surface area contributed by atoms with Crippen molar-refractivity contribution in [3.8, 4) is 11.5 Å². The summed E-state index contributed by atoms with van der Waals surface area (Å²) in [6.07, 6.45) is 1.59. The molecule has 0 spiro atoms. The number of methoxy groups -OCH3 is 2. The van der Waals surface area contributed by atoms with E-state index in [0.29, 0.717) is 28.4 Å². The number of carbonyl (C=O) groups is 2. The van der Waals surface area contributed by atoms with E-state index in [1.165, 1.54) is 36.3 Å². The maximum absolute atomic E-state index is 13.4. The lowest BCUT2D eigenvalue weighted by Gasteiger charge is -2.24. The molecule has 7 nitrogen and oxygen atoms in total. The van der Waals surface area contributed by atoms with Gasteiger partial charge in [0.1, 0.15) is 5.82 Å². The quantitative estimate of drug-likeness (QED) is 0.613. The Labute approximate surface area is 184 Å². The third kappa shape index (κ3) is 3.99. The average molecular weight is 435 g/mol. The number of nitrogens with zero attached hydrogens (tertiary/aromatic N) is 2. The molecule has 0 saturated carbocycles. The van der Waals surface area contributed by atoms with E-state index in [0.717, 1.165) is 5.56 Å². The first kappa shape index (κ1) is 21.3. The van der Waals surface area contributed by atoms with Crippen LogP contribution in [0.3, 0.4) is 0 Å². The first-order chi connectivity index (χ1) is 15.5. The highest BCUT2D eigenvalue weighted by Crippen LogP contribution is 2.38. The van der Waals surface area contributed by atoms with Crippen LogP contribution < -0.4 is 19.7 Å². The van der Waals surface area contributed by atoms with E-state index in [2.05, 4.69) is 10.3 Å². The van der Waals surface area contributed by atoms with Crippen molar-refractivity contribution in [3.05, 3.63) is 83.4 Å². The summed E-state index contributed by atoms with van der Waals surface area (Å²) in [5.41, 5.74) is 2.22. The molecule has 1 atom stereocenters. The number of fused-ring (bicyclic) bond motifs is 1. The van der Waals surface area contributed by atoms with Gasteiger partial charge in [0.05, 0.1) is 37.9 Å². The molecule has 3 aromatic rings. The number of hydrogen-bond donors (Lipinski definition) is 1. The Morgan fingerprint density at radius 3 is 2.59 bits per heavy atom. The van der Waals surface area contributed by atoms with Crippen molar-refractivity contribution in [2.45, 2.75) is 19.0 Å². The van der Waals surface area contributed by atoms with E-state index in [-0.39, 0.29) is 24.8 Å².